The number of aryl methyl sites for hydroxylation is 1. The van der Waals surface area contributed by atoms with Crippen LogP contribution in [0.2, 0.25) is 0 Å². The van der Waals surface area contributed by atoms with Gasteiger partial charge >= 0.3 is 0 Å². The SMILES string of the molecule is Cc1onc(/C=C/c2ccsc2)c1N. The van der Waals surface area contributed by atoms with Crippen LogP contribution >= 0.6 is 11.3 Å². The third kappa shape index (κ3) is 1.70. The van der Waals surface area contributed by atoms with E-state index in [2.05, 4.69) is 10.5 Å². The molecule has 3 nitrogen and oxygen atoms in total. The van der Waals surface area contributed by atoms with Gasteiger partial charge in [-0.1, -0.05) is 11.2 Å². The van der Waals surface area contributed by atoms with Crippen LogP contribution in [0.15, 0.2) is 21.3 Å². The summed E-state index contributed by atoms with van der Waals surface area (Å²) in [4.78, 5) is 0. The molecule has 4 heteroatoms. The molecule has 0 aromatic carbocycles. The van der Waals surface area contributed by atoms with Gasteiger partial charge in [-0.25, -0.2) is 0 Å². The smallest absolute Gasteiger partial charge is 0.157 e. The zero-order valence-corrected chi connectivity index (χ0v) is 8.54. The lowest BCUT2D eigenvalue weighted by Gasteiger charge is -1.86. The highest BCUT2D eigenvalue weighted by atomic mass is 32.1. The summed E-state index contributed by atoms with van der Waals surface area (Å²) in [6, 6.07) is 2.03. The van der Waals surface area contributed by atoms with Crippen molar-refractivity contribution in [3.05, 3.63) is 33.8 Å². The van der Waals surface area contributed by atoms with Gasteiger partial charge < -0.3 is 10.3 Å². The van der Waals surface area contributed by atoms with E-state index >= 15 is 0 Å². The van der Waals surface area contributed by atoms with Crippen LogP contribution in [0.4, 0.5) is 5.69 Å². The lowest BCUT2D eigenvalue weighted by molar-refractivity contribution is 0.397. The Hall–Kier alpha value is -1.55. The van der Waals surface area contributed by atoms with Gasteiger partial charge in [-0.05, 0) is 35.4 Å². The summed E-state index contributed by atoms with van der Waals surface area (Å²) in [7, 11) is 0. The number of hydrogen-bond donors (Lipinski definition) is 1. The van der Waals surface area contributed by atoms with Crippen LogP contribution in [0.1, 0.15) is 17.0 Å². The quantitative estimate of drug-likeness (QED) is 0.822. The molecule has 0 fully saturated rings. The van der Waals surface area contributed by atoms with E-state index in [1.165, 1.54) is 0 Å². The van der Waals surface area contributed by atoms with Gasteiger partial charge in [0.15, 0.2) is 5.76 Å². The first kappa shape index (κ1) is 9.02. The highest BCUT2D eigenvalue weighted by Crippen LogP contribution is 2.18. The maximum Gasteiger partial charge on any atom is 0.157 e. The molecule has 0 saturated heterocycles. The lowest BCUT2D eigenvalue weighted by Crippen LogP contribution is -1.86. The van der Waals surface area contributed by atoms with Crippen molar-refractivity contribution < 1.29 is 4.52 Å². The van der Waals surface area contributed by atoms with Crippen LogP contribution in [-0.2, 0) is 0 Å². The zero-order valence-electron chi connectivity index (χ0n) is 7.73. The highest BCUT2D eigenvalue weighted by Gasteiger charge is 2.04. The van der Waals surface area contributed by atoms with Crippen LogP contribution in [0.3, 0.4) is 0 Å². The molecule has 0 aliphatic rings. The van der Waals surface area contributed by atoms with Gasteiger partial charge in [-0.3, -0.25) is 0 Å². The van der Waals surface area contributed by atoms with Crippen LogP contribution in [0.5, 0.6) is 0 Å². The van der Waals surface area contributed by atoms with Crippen LogP contribution in [0, 0.1) is 6.92 Å². The van der Waals surface area contributed by atoms with Crippen molar-refractivity contribution in [2.24, 2.45) is 0 Å². The third-order valence-corrected chi connectivity index (χ3v) is 2.61. The van der Waals surface area contributed by atoms with E-state index in [0.717, 1.165) is 5.56 Å². The summed E-state index contributed by atoms with van der Waals surface area (Å²) < 4.78 is 4.94. The molecule has 14 heavy (non-hydrogen) atoms. The van der Waals surface area contributed by atoms with Gasteiger partial charge in [-0.15, -0.1) is 0 Å². The average molecular weight is 206 g/mol. The summed E-state index contributed by atoms with van der Waals surface area (Å²) in [5, 5.41) is 7.91. The van der Waals surface area contributed by atoms with Crippen molar-refractivity contribution in [1.82, 2.24) is 5.16 Å². The Morgan fingerprint density at radius 2 is 2.36 bits per heavy atom. The molecule has 0 unspecified atom stereocenters. The largest absolute Gasteiger partial charge is 0.394 e. The summed E-state index contributed by atoms with van der Waals surface area (Å²) in [6.07, 6.45) is 3.82. The van der Waals surface area contributed by atoms with E-state index in [1.807, 2.05) is 23.6 Å². The summed E-state index contributed by atoms with van der Waals surface area (Å²) in [6.45, 7) is 1.80. The summed E-state index contributed by atoms with van der Waals surface area (Å²) >= 11 is 1.66. The predicted molar refractivity (Wildman–Crippen MR) is 58.9 cm³/mol. The molecule has 0 atom stereocenters. The minimum absolute atomic E-state index is 0.608. The number of nitrogens with zero attached hydrogens (tertiary/aromatic N) is 1. The first-order valence-corrected chi connectivity index (χ1v) is 5.13. The lowest BCUT2D eigenvalue weighted by atomic mass is 10.2. The van der Waals surface area contributed by atoms with Crippen molar-refractivity contribution in [1.29, 1.82) is 0 Å². The van der Waals surface area contributed by atoms with E-state index in [4.69, 9.17) is 10.3 Å². The van der Waals surface area contributed by atoms with Crippen molar-refractivity contribution in [2.45, 2.75) is 6.92 Å². The molecule has 0 radical (unpaired) electrons. The molecule has 2 aromatic rings. The van der Waals surface area contributed by atoms with Gasteiger partial charge in [-0.2, -0.15) is 11.3 Å². The molecule has 2 rings (SSSR count). The molecule has 0 spiro atoms. The maximum absolute atomic E-state index is 5.74. The van der Waals surface area contributed by atoms with Crippen LogP contribution in [0.25, 0.3) is 12.2 Å². The fourth-order valence-corrected chi connectivity index (χ4v) is 1.69. The van der Waals surface area contributed by atoms with Crippen molar-refractivity contribution in [3.63, 3.8) is 0 Å². The fourth-order valence-electron chi connectivity index (χ4n) is 1.06. The molecular weight excluding hydrogens is 196 g/mol. The number of rotatable bonds is 2. The second kappa shape index (κ2) is 3.67. The number of thiophene rings is 1. The first-order valence-electron chi connectivity index (χ1n) is 4.19. The van der Waals surface area contributed by atoms with Crippen LogP contribution < -0.4 is 5.73 Å². The Morgan fingerprint density at radius 1 is 1.50 bits per heavy atom. The van der Waals surface area contributed by atoms with E-state index < -0.39 is 0 Å². The zero-order chi connectivity index (χ0) is 9.97. The Morgan fingerprint density at radius 3 is 2.93 bits per heavy atom. The molecule has 2 N–H and O–H groups in total. The van der Waals surface area contributed by atoms with E-state index in [0.29, 0.717) is 17.1 Å². The molecule has 0 bridgehead atoms. The minimum Gasteiger partial charge on any atom is -0.394 e. The number of aromatic nitrogens is 1. The molecular formula is C10H10N2OS. The molecule has 0 aliphatic heterocycles. The first-order chi connectivity index (χ1) is 6.77. The number of nitrogens with two attached hydrogens (primary N) is 1. The molecule has 0 amide bonds. The van der Waals surface area contributed by atoms with Gasteiger partial charge in [0.05, 0.1) is 0 Å². The van der Waals surface area contributed by atoms with Crippen LogP contribution in [-0.4, -0.2) is 5.16 Å². The number of anilines is 1. The van der Waals surface area contributed by atoms with Crippen molar-refractivity contribution in [3.8, 4) is 0 Å². The summed E-state index contributed by atoms with van der Waals surface area (Å²) in [5.41, 5.74) is 8.18. The van der Waals surface area contributed by atoms with E-state index in [1.54, 1.807) is 18.3 Å². The highest BCUT2D eigenvalue weighted by molar-refractivity contribution is 7.08. The summed E-state index contributed by atoms with van der Waals surface area (Å²) in [5.74, 6) is 0.662. The van der Waals surface area contributed by atoms with Gasteiger partial charge in [0, 0.05) is 0 Å². The monoisotopic (exact) mass is 206 g/mol. The number of nitrogen functional groups attached to an aromatic ring is 1. The van der Waals surface area contributed by atoms with Gasteiger partial charge in [0.2, 0.25) is 0 Å². The Labute approximate surface area is 85.8 Å². The van der Waals surface area contributed by atoms with E-state index in [9.17, 15) is 0 Å². The molecule has 72 valence electrons. The van der Waals surface area contributed by atoms with Crippen molar-refractivity contribution in [2.75, 3.05) is 5.73 Å². The molecule has 2 heterocycles. The Kier molecular flexibility index (Phi) is 2.37. The van der Waals surface area contributed by atoms with Crippen molar-refractivity contribution >= 4 is 29.2 Å². The van der Waals surface area contributed by atoms with Gasteiger partial charge in [0.1, 0.15) is 11.4 Å². The maximum atomic E-state index is 5.74. The molecule has 2 aromatic heterocycles. The Bertz CT molecular complexity index is 443. The number of hydrogen-bond acceptors (Lipinski definition) is 4. The molecule has 0 saturated carbocycles. The second-order valence-corrected chi connectivity index (χ2v) is 3.71. The normalized spacial score (nSPS) is 11.2. The predicted octanol–water partition coefficient (Wildman–Crippen LogP) is 2.80. The average Bonchev–Trinajstić information content (AvgIpc) is 2.77. The minimum atomic E-state index is 0.608. The third-order valence-electron chi connectivity index (χ3n) is 1.91. The Balaban J connectivity index is 2.23. The molecule has 0 aliphatic carbocycles. The fraction of sp³-hybridized carbons (Fsp3) is 0.100. The van der Waals surface area contributed by atoms with E-state index in [-0.39, 0.29) is 0 Å². The second-order valence-electron chi connectivity index (χ2n) is 2.93. The topological polar surface area (TPSA) is 52.0 Å². The standard InChI is InChI=1S/C10H10N2OS/c1-7-10(11)9(12-13-7)3-2-8-4-5-14-6-8/h2-6H,11H2,1H3/b3-2+. The van der Waals surface area contributed by atoms with Gasteiger partial charge in [0.25, 0.3) is 0 Å².